The molecule has 0 bridgehead atoms. The van der Waals surface area contributed by atoms with Crippen molar-refractivity contribution in [2.75, 3.05) is 12.3 Å². The van der Waals surface area contributed by atoms with Crippen LogP contribution in [0.25, 0.3) is 0 Å². The monoisotopic (exact) mass is 266 g/mol. The SMILES string of the molecule is CC(C)(C)NC(=O)COc1ccc(N)cc1C(=O)O. The predicted octanol–water partition coefficient (Wildman–Crippen LogP) is 1.26. The summed E-state index contributed by atoms with van der Waals surface area (Å²) >= 11 is 0. The molecular weight excluding hydrogens is 248 g/mol. The highest BCUT2D eigenvalue weighted by Gasteiger charge is 2.16. The average Bonchev–Trinajstić information content (AvgIpc) is 2.24. The fourth-order valence-electron chi connectivity index (χ4n) is 1.44. The lowest BCUT2D eigenvalue weighted by Gasteiger charge is -2.20. The first kappa shape index (κ1) is 14.8. The Kier molecular flexibility index (Phi) is 4.37. The van der Waals surface area contributed by atoms with Gasteiger partial charge in [0.25, 0.3) is 5.91 Å². The third kappa shape index (κ3) is 4.87. The maximum Gasteiger partial charge on any atom is 0.339 e. The van der Waals surface area contributed by atoms with Crippen molar-refractivity contribution >= 4 is 17.6 Å². The van der Waals surface area contributed by atoms with Crippen LogP contribution in [0, 0.1) is 0 Å². The summed E-state index contributed by atoms with van der Waals surface area (Å²) in [7, 11) is 0. The molecule has 0 unspecified atom stereocenters. The second-order valence-corrected chi connectivity index (χ2v) is 5.15. The van der Waals surface area contributed by atoms with Gasteiger partial charge in [0, 0.05) is 11.2 Å². The van der Waals surface area contributed by atoms with Gasteiger partial charge in [0.05, 0.1) is 0 Å². The molecule has 0 spiro atoms. The van der Waals surface area contributed by atoms with Crippen LogP contribution >= 0.6 is 0 Å². The number of hydrogen-bond donors (Lipinski definition) is 3. The van der Waals surface area contributed by atoms with Crippen LogP contribution in [0.5, 0.6) is 5.75 Å². The fraction of sp³-hybridized carbons (Fsp3) is 0.385. The number of ether oxygens (including phenoxy) is 1. The van der Waals surface area contributed by atoms with Gasteiger partial charge in [-0.3, -0.25) is 4.79 Å². The van der Waals surface area contributed by atoms with Crippen LogP contribution in [0.1, 0.15) is 31.1 Å². The van der Waals surface area contributed by atoms with E-state index in [2.05, 4.69) is 5.32 Å². The first-order valence-corrected chi connectivity index (χ1v) is 5.75. The van der Waals surface area contributed by atoms with Crippen molar-refractivity contribution in [2.24, 2.45) is 0 Å². The molecule has 6 heteroatoms. The van der Waals surface area contributed by atoms with E-state index in [1.165, 1.54) is 18.2 Å². The number of hydrogen-bond acceptors (Lipinski definition) is 4. The van der Waals surface area contributed by atoms with E-state index < -0.39 is 5.97 Å². The molecular formula is C13H18N2O4. The van der Waals surface area contributed by atoms with Crippen molar-refractivity contribution in [3.63, 3.8) is 0 Å². The Labute approximate surface area is 111 Å². The molecule has 0 fully saturated rings. The molecule has 0 heterocycles. The minimum Gasteiger partial charge on any atom is -0.483 e. The summed E-state index contributed by atoms with van der Waals surface area (Å²) in [5.74, 6) is -1.36. The van der Waals surface area contributed by atoms with Crippen LogP contribution in [0.15, 0.2) is 18.2 Å². The van der Waals surface area contributed by atoms with Crippen molar-refractivity contribution < 1.29 is 19.4 Å². The lowest BCUT2D eigenvalue weighted by Crippen LogP contribution is -2.43. The molecule has 0 aliphatic rings. The molecule has 4 N–H and O–H groups in total. The van der Waals surface area contributed by atoms with Gasteiger partial charge in [-0.1, -0.05) is 0 Å². The predicted molar refractivity (Wildman–Crippen MR) is 71.2 cm³/mol. The normalized spacial score (nSPS) is 10.9. The minimum atomic E-state index is -1.15. The Morgan fingerprint density at radius 3 is 2.53 bits per heavy atom. The molecule has 0 aromatic heterocycles. The number of benzene rings is 1. The standard InChI is InChI=1S/C13H18N2O4/c1-13(2,3)15-11(16)7-19-10-5-4-8(14)6-9(10)12(17)18/h4-6H,7,14H2,1-3H3,(H,15,16)(H,17,18). The molecule has 0 aliphatic carbocycles. The van der Waals surface area contributed by atoms with Gasteiger partial charge < -0.3 is 20.9 Å². The van der Waals surface area contributed by atoms with E-state index in [1.54, 1.807) is 0 Å². The molecule has 104 valence electrons. The average molecular weight is 266 g/mol. The van der Waals surface area contributed by atoms with E-state index in [1.807, 2.05) is 20.8 Å². The molecule has 0 atom stereocenters. The molecule has 6 nitrogen and oxygen atoms in total. The lowest BCUT2D eigenvalue weighted by molar-refractivity contribution is -0.124. The number of carboxylic acid groups (broad SMARTS) is 1. The van der Waals surface area contributed by atoms with Crippen molar-refractivity contribution in [1.82, 2.24) is 5.32 Å². The molecule has 1 aromatic rings. The number of nitrogens with two attached hydrogens (primary N) is 1. The Morgan fingerprint density at radius 2 is 2.00 bits per heavy atom. The van der Waals surface area contributed by atoms with E-state index in [0.717, 1.165) is 0 Å². The topological polar surface area (TPSA) is 102 Å². The summed E-state index contributed by atoms with van der Waals surface area (Å²) < 4.78 is 5.21. The summed E-state index contributed by atoms with van der Waals surface area (Å²) in [6.07, 6.45) is 0. The maximum atomic E-state index is 11.6. The molecule has 0 aliphatic heterocycles. The summed E-state index contributed by atoms with van der Waals surface area (Å²) in [4.78, 5) is 22.6. The zero-order valence-corrected chi connectivity index (χ0v) is 11.2. The molecule has 1 rings (SSSR count). The molecule has 0 radical (unpaired) electrons. The van der Waals surface area contributed by atoms with Crippen LogP contribution in [0.4, 0.5) is 5.69 Å². The molecule has 0 saturated heterocycles. The van der Waals surface area contributed by atoms with Crippen molar-refractivity contribution in [1.29, 1.82) is 0 Å². The van der Waals surface area contributed by atoms with Crippen LogP contribution in [0.2, 0.25) is 0 Å². The van der Waals surface area contributed by atoms with Gasteiger partial charge in [-0.25, -0.2) is 4.79 Å². The van der Waals surface area contributed by atoms with Gasteiger partial charge in [-0.2, -0.15) is 0 Å². The minimum absolute atomic E-state index is 0.0661. The number of amides is 1. The van der Waals surface area contributed by atoms with Crippen LogP contribution < -0.4 is 15.8 Å². The summed E-state index contributed by atoms with van der Waals surface area (Å²) in [5.41, 5.74) is 5.40. The highest BCUT2D eigenvalue weighted by Crippen LogP contribution is 2.21. The van der Waals surface area contributed by atoms with E-state index in [0.29, 0.717) is 5.69 Å². The van der Waals surface area contributed by atoms with Gasteiger partial charge in [0.15, 0.2) is 6.61 Å². The summed E-state index contributed by atoms with van der Waals surface area (Å²) in [6, 6.07) is 4.24. The first-order chi connectivity index (χ1) is 8.69. The van der Waals surface area contributed by atoms with Crippen LogP contribution in [-0.2, 0) is 4.79 Å². The highest BCUT2D eigenvalue weighted by molar-refractivity contribution is 5.92. The van der Waals surface area contributed by atoms with E-state index in [9.17, 15) is 9.59 Å². The van der Waals surface area contributed by atoms with E-state index >= 15 is 0 Å². The van der Waals surface area contributed by atoms with Crippen molar-refractivity contribution in [2.45, 2.75) is 26.3 Å². The van der Waals surface area contributed by atoms with Crippen molar-refractivity contribution in [3.8, 4) is 5.75 Å². The molecule has 19 heavy (non-hydrogen) atoms. The zero-order chi connectivity index (χ0) is 14.6. The number of carbonyl (C=O) groups excluding carboxylic acids is 1. The third-order valence-corrected chi connectivity index (χ3v) is 2.11. The number of nitrogen functional groups attached to an aromatic ring is 1. The number of anilines is 1. The quantitative estimate of drug-likeness (QED) is 0.712. The molecule has 1 aromatic carbocycles. The molecule has 1 amide bonds. The van der Waals surface area contributed by atoms with Crippen molar-refractivity contribution in [3.05, 3.63) is 23.8 Å². The number of carboxylic acids is 1. The second kappa shape index (κ2) is 5.60. The summed E-state index contributed by atoms with van der Waals surface area (Å²) in [6.45, 7) is 5.28. The Bertz CT molecular complexity index is 492. The van der Waals surface area contributed by atoms with E-state index in [-0.39, 0.29) is 29.4 Å². The second-order valence-electron chi connectivity index (χ2n) is 5.15. The van der Waals surface area contributed by atoms with Gasteiger partial charge in [-0.15, -0.1) is 0 Å². The number of carbonyl (C=O) groups is 2. The lowest BCUT2D eigenvalue weighted by atomic mass is 10.1. The highest BCUT2D eigenvalue weighted by atomic mass is 16.5. The maximum absolute atomic E-state index is 11.6. The fourth-order valence-corrected chi connectivity index (χ4v) is 1.44. The Hall–Kier alpha value is -2.24. The number of rotatable bonds is 4. The number of aromatic carboxylic acids is 1. The smallest absolute Gasteiger partial charge is 0.339 e. The first-order valence-electron chi connectivity index (χ1n) is 5.75. The van der Waals surface area contributed by atoms with Crippen LogP contribution in [0.3, 0.4) is 0 Å². The Balaban J connectivity index is 2.73. The van der Waals surface area contributed by atoms with E-state index in [4.69, 9.17) is 15.6 Å². The molecule has 0 saturated carbocycles. The van der Waals surface area contributed by atoms with Crippen LogP contribution in [-0.4, -0.2) is 29.1 Å². The number of nitrogens with one attached hydrogen (secondary N) is 1. The zero-order valence-electron chi connectivity index (χ0n) is 11.2. The van der Waals surface area contributed by atoms with Gasteiger partial charge in [0.1, 0.15) is 11.3 Å². The Morgan fingerprint density at radius 1 is 1.37 bits per heavy atom. The van der Waals surface area contributed by atoms with Gasteiger partial charge >= 0.3 is 5.97 Å². The third-order valence-electron chi connectivity index (χ3n) is 2.11. The summed E-state index contributed by atoms with van der Waals surface area (Å²) in [5, 5.41) is 11.7. The van der Waals surface area contributed by atoms with Gasteiger partial charge in [-0.05, 0) is 39.0 Å². The largest absolute Gasteiger partial charge is 0.483 e. The van der Waals surface area contributed by atoms with Gasteiger partial charge in [0.2, 0.25) is 0 Å².